The van der Waals surface area contributed by atoms with E-state index >= 15 is 0 Å². The van der Waals surface area contributed by atoms with Crippen molar-refractivity contribution in [2.75, 3.05) is 17.2 Å². The zero-order valence-electron chi connectivity index (χ0n) is 11.1. The van der Waals surface area contributed by atoms with Gasteiger partial charge >= 0.3 is 0 Å². The van der Waals surface area contributed by atoms with E-state index in [9.17, 15) is 18.0 Å². The van der Waals surface area contributed by atoms with Crippen molar-refractivity contribution in [2.24, 2.45) is 5.73 Å². The fourth-order valence-electron chi connectivity index (χ4n) is 2.23. The third-order valence-corrected chi connectivity index (χ3v) is 5.11. The second-order valence-electron chi connectivity index (χ2n) is 4.60. The molecular formula is C13H16N2O4S. The first-order valence-electron chi connectivity index (χ1n) is 6.34. The van der Waals surface area contributed by atoms with E-state index < -0.39 is 15.7 Å². The van der Waals surface area contributed by atoms with Gasteiger partial charge in [-0.1, -0.05) is 6.92 Å². The predicted molar refractivity (Wildman–Crippen MR) is 74.3 cm³/mol. The fraction of sp³-hybridized carbons (Fsp3) is 0.385. The number of benzene rings is 1. The summed E-state index contributed by atoms with van der Waals surface area (Å²) in [6.07, 6.45) is 1.21. The fourth-order valence-corrected chi connectivity index (χ4v) is 3.31. The second kappa shape index (κ2) is 5.24. The zero-order chi connectivity index (χ0) is 14.9. The summed E-state index contributed by atoms with van der Waals surface area (Å²) in [5, 5.41) is 0. The first-order chi connectivity index (χ1) is 9.36. The highest BCUT2D eigenvalue weighted by molar-refractivity contribution is 7.91. The van der Waals surface area contributed by atoms with Gasteiger partial charge in [0.15, 0.2) is 9.84 Å². The summed E-state index contributed by atoms with van der Waals surface area (Å²) in [6, 6.07) is 4.27. The average Bonchev–Trinajstić information content (AvgIpc) is 2.84. The maximum Gasteiger partial charge on any atom is 0.250 e. The van der Waals surface area contributed by atoms with Gasteiger partial charge < -0.3 is 10.6 Å². The van der Waals surface area contributed by atoms with Crippen molar-refractivity contribution in [3.63, 3.8) is 0 Å². The van der Waals surface area contributed by atoms with Gasteiger partial charge in [0, 0.05) is 18.7 Å². The van der Waals surface area contributed by atoms with Crippen molar-refractivity contribution >= 4 is 27.3 Å². The molecule has 0 saturated carbocycles. The van der Waals surface area contributed by atoms with E-state index in [0.717, 1.165) is 6.42 Å². The van der Waals surface area contributed by atoms with Crippen molar-refractivity contribution in [2.45, 2.75) is 24.7 Å². The summed E-state index contributed by atoms with van der Waals surface area (Å²) in [5.74, 6) is -0.966. The Bertz CT molecular complexity index is 667. The van der Waals surface area contributed by atoms with E-state index in [1.807, 2.05) is 0 Å². The molecule has 7 heteroatoms. The highest BCUT2D eigenvalue weighted by atomic mass is 32.2. The van der Waals surface area contributed by atoms with Gasteiger partial charge in [0.2, 0.25) is 11.8 Å². The van der Waals surface area contributed by atoms with Crippen LogP contribution in [0.1, 0.15) is 30.1 Å². The third kappa shape index (κ3) is 2.53. The lowest BCUT2D eigenvalue weighted by molar-refractivity contribution is -0.117. The molecule has 108 valence electrons. The lowest BCUT2D eigenvalue weighted by atomic mass is 10.2. The van der Waals surface area contributed by atoms with Crippen LogP contribution >= 0.6 is 0 Å². The van der Waals surface area contributed by atoms with Crippen molar-refractivity contribution in [3.8, 4) is 0 Å². The van der Waals surface area contributed by atoms with Gasteiger partial charge in [-0.05, 0) is 24.6 Å². The molecule has 2 N–H and O–H groups in total. The first-order valence-corrected chi connectivity index (χ1v) is 7.99. The Hall–Kier alpha value is -1.89. The van der Waals surface area contributed by atoms with E-state index in [0.29, 0.717) is 18.7 Å². The topological polar surface area (TPSA) is 97.5 Å². The molecule has 0 unspecified atom stereocenters. The molecule has 0 aliphatic carbocycles. The molecule has 1 aromatic carbocycles. The van der Waals surface area contributed by atoms with Crippen LogP contribution in [0.25, 0.3) is 0 Å². The molecule has 1 aliphatic heterocycles. The number of anilines is 1. The van der Waals surface area contributed by atoms with Crippen LogP contribution in [0.15, 0.2) is 23.1 Å². The number of rotatable bonds is 4. The molecule has 0 atom stereocenters. The number of sulfone groups is 1. The molecule has 1 saturated heterocycles. The smallest absolute Gasteiger partial charge is 0.250 e. The summed E-state index contributed by atoms with van der Waals surface area (Å²) in [5.41, 5.74) is 5.71. The molecule has 0 aromatic heterocycles. The Morgan fingerprint density at radius 3 is 2.60 bits per heavy atom. The quantitative estimate of drug-likeness (QED) is 0.884. The Morgan fingerprint density at radius 1 is 1.40 bits per heavy atom. The van der Waals surface area contributed by atoms with Gasteiger partial charge in [-0.15, -0.1) is 0 Å². The Labute approximate surface area is 117 Å². The average molecular weight is 296 g/mol. The van der Waals surface area contributed by atoms with Crippen LogP contribution in [0.5, 0.6) is 0 Å². The lowest BCUT2D eigenvalue weighted by Gasteiger charge is -2.17. The SMILES string of the molecule is CCS(=O)(=O)c1ccc(N2CCCC2=O)cc1C(N)=O. The molecule has 6 nitrogen and oxygen atoms in total. The molecular weight excluding hydrogens is 280 g/mol. The highest BCUT2D eigenvalue weighted by Gasteiger charge is 2.25. The number of nitrogens with two attached hydrogens (primary N) is 1. The number of carbonyl (C=O) groups excluding carboxylic acids is 2. The number of carbonyl (C=O) groups is 2. The maximum absolute atomic E-state index is 11.9. The number of hydrogen-bond donors (Lipinski definition) is 1. The number of primary amides is 1. The van der Waals surface area contributed by atoms with Gasteiger partial charge in [0.05, 0.1) is 16.2 Å². The Balaban J connectivity index is 2.54. The van der Waals surface area contributed by atoms with Crippen molar-refractivity contribution in [3.05, 3.63) is 23.8 Å². The molecule has 1 heterocycles. The normalized spacial score (nSPS) is 15.7. The lowest BCUT2D eigenvalue weighted by Crippen LogP contribution is -2.25. The third-order valence-electron chi connectivity index (χ3n) is 3.33. The molecule has 0 spiro atoms. The maximum atomic E-state index is 11.9. The van der Waals surface area contributed by atoms with Gasteiger partial charge in [-0.3, -0.25) is 9.59 Å². The molecule has 1 aromatic rings. The standard InChI is InChI=1S/C13H16N2O4S/c1-2-20(18,19)11-6-5-9(8-10(11)13(14)17)15-7-3-4-12(15)16/h5-6,8H,2-4,7H2,1H3,(H2,14,17). The number of amides is 2. The van der Waals surface area contributed by atoms with Crippen LogP contribution in [-0.4, -0.2) is 32.5 Å². The highest BCUT2D eigenvalue weighted by Crippen LogP contribution is 2.26. The molecule has 0 bridgehead atoms. The summed E-state index contributed by atoms with van der Waals surface area (Å²) in [7, 11) is -3.53. The Morgan fingerprint density at radius 2 is 2.10 bits per heavy atom. The molecule has 20 heavy (non-hydrogen) atoms. The number of hydrogen-bond acceptors (Lipinski definition) is 4. The van der Waals surface area contributed by atoms with E-state index in [4.69, 9.17) is 5.73 Å². The minimum absolute atomic E-state index is 0.0356. The van der Waals surface area contributed by atoms with Gasteiger partial charge in [0.1, 0.15) is 0 Å². The minimum Gasteiger partial charge on any atom is -0.366 e. The van der Waals surface area contributed by atoms with Crippen LogP contribution in [0.2, 0.25) is 0 Å². The summed E-state index contributed by atoms with van der Waals surface area (Å²) >= 11 is 0. The molecule has 2 amide bonds. The second-order valence-corrected chi connectivity index (χ2v) is 6.84. The van der Waals surface area contributed by atoms with E-state index in [2.05, 4.69) is 0 Å². The Kier molecular flexibility index (Phi) is 3.80. The van der Waals surface area contributed by atoms with Crippen LogP contribution in [-0.2, 0) is 14.6 Å². The molecule has 1 fully saturated rings. The van der Waals surface area contributed by atoms with Gasteiger partial charge in [0.25, 0.3) is 0 Å². The van der Waals surface area contributed by atoms with Crippen LogP contribution in [0.3, 0.4) is 0 Å². The molecule has 0 radical (unpaired) electrons. The minimum atomic E-state index is -3.53. The van der Waals surface area contributed by atoms with Crippen molar-refractivity contribution in [1.29, 1.82) is 0 Å². The summed E-state index contributed by atoms with van der Waals surface area (Å²) in [4.78, 5) is 24.6. The zero-order valence-corrected chi connectivity index (χ0v) is 11.9. The van der Waals surface area contributed by atoms with Crippen LogP contribution < -0.4 is 10.6 Å². The van der Waals surface area contributed by atoms with Crippen molar-refractivity contribution in [1.82, 2.24) is 0 Å². The largest absolute Gasteiger partial charge is 0.366 e. The summed E-state index contributed by atoms with van der Waals surface area (Å²) < 4.78 is 23.9. The van der Waals surface area contributed by atoms with E-state index in [1.165, 1.54) is 30.0 Å². The van der Waals surface area contributed by atoms with Gasteiger partial charge in [-0.25, -0.2) is 8.42 Å². The van der Waals surface area contributed by atoms with E-state index in [-0.39, 0.29) is 22.1 Å². The molecule has 2 rings (SSSR count). The monoisotopic (exact) mass is 296 g/mol. The number of nitrogens with zero attached hydrogens (tertiary/aromatic N) is 1. The summed E-state index contributed by atoms with van der Waals surface area (Å²) in [6.45, 7) is 2.06. The van der Waals surface area contributed by atoms with Gasteiger partial charge in [-0.2, -0.15) is 0 Å². The van der Waals surface area contributed by atoms with E-state index in [1.54, 1.807) is 0 Å². The predicted octanol–water partition coefficient (Wildman–Crippen LogP) is 0.706. The van der Waals surface area contributed by atoms with Crippen LogP contribution in [0, 0.1) is 0 Å². The first kappa shape index (κ1) is 14.5. The molecule has 1 aliphatic rings. The van der Waals surface area contributed by atoms with Crippen molar-refractivity contribution < 1.29 is 18.0 Å². The van der Waals surface area contributed by atoms with Crippen LogP contribution in [0.4, 0.5) is 5.69 Å².